The van der Waals surface area contributed by atoms with Gasteiger partial charge in [-0.05, 0) is 170 Å². The van der Waals surface area contributed by atoms with Crippen molar-refractivity contribution in [1.82, 2.24) is 0 Å². The van der Waals surface area contributed by atoms with Crippen LogP contribution in [0.25, 0.3) is 109 Å². The number of benzene rings is 11. The van der Waals surface area contributed by atoms with Crippen molar-refractivity contribution in [1.29, 1.82) is 0 Å². The Hall–Kier alpha value is -7.71. The molecule has 0 aliphatic heterocycles. The summed E-state index contributed by atoms with van der Waals surface area (Å²) in [5.41, 5.74) is 5.18. The Balaban J connectivity index is 1.32. The molecule has 304 valence electrons. The molecule has 11 aromatic rings. The Morgan fingerprint density at radius 1 is 0.333 bits per heavy atom. The fourth-order valence-corrected chi connectivity index (χ4v) is 9.29. The molecule has 0 N–H and O–H groups in total. The van der Waals surface area contributed by atoms with Gasteiger partial charge in [0.15, 0.2) is 17.5 Å². The van der Waals surface area contributed by atoms with E-state index in [1.54, 1.807) is 24.3 Å². The van der Waals surface area contributed by atoms with Gasteiger partial charge in [-0.15, -0.1) is 13.2 Å². The molecule has 0 saturated heterocycles. The largest absolute Gasteiger partial charge is 0.573 e. The summed E-state index contributed by atoms with van der Waals surface area (Å²) in [6, 6.07) is 51.9. The van der Waals surface area contributed by atoms with Crippen molar-refractivity contribution < 1.29 is 35.5 Å². The van der Waals surface area contributed by atoms with Crippen LogP contribution in [0.2, 0.25) is 0 Å². The minimum absolute atomic E-state index is 0.143. The Morgan fingerprint density at radius 2 is 0.794 bits per heavy atom. The highest BCUT2D eigenvalue weighted by Crippen LogP contribution is 2.50. The summed E-state index contributed by atoms with van der Waals surface area (Å²) in [5, 5.41) is 10.4. The molecule has 0 aliphatic carbocycles. The van der Waals surface area contributed by atoms with Crippen molar-refractivity contribution in [2.75, 3.05) is 0 Å². The molecule has 0 saturated carbocycles. The fraction of sp³-hybridized carbons (Fsp3) is 0.0182. The van der Waals surface area contributed by atoms with E-state index < -0.39 is 29.6 Å². The minimum atomic E-state index is -4.85. The molecule has 0 unspecified atom stereocenters. The lowest BCUT2D eigenvalue weighted by molar-refractivity contribution is -0.274. The number of hydrogen-bond acceptors (Lipinski definition) is 1. The van der Waals surface area contributed by atoms with Gasteiger partial charge in [0.2, 0.25) is 0 Å². The maximum atomic E-state index is 15.1. The van der Waals surface area contributed by atoms with Crippen LogP contribution in [0.3, 0.4) is 0 Å². The van der Waals surface area contributed by atoms with Gasteiger partial charge < -0.3 is 4.74 Å². The zero-order chi connectivity index (χ0) is 43.1. The molecule has 0 fully saturated rings. The van der Waals surface area contributed by atoms with E-state index in [0.717, 1.165) is 93.6 Å². The van der Waals surface area contributed by atoms with Gasteiger partial charge in [-0.3, -0.25) is 0 Å². The molecule has 0 aliphatic rings. The van der Waals surface area contributed by atoms with Gasteiger partial charge in [0.1, 0.15) is 11.6 Å². The number of ether oxygens (including phenoxy) is 1. The molecular formula is C55H29F7O. The number of fused-ring (bicyclic) bond motifs is 8. The van der Waals surface area contributed by atoms with Crippen LogP contribution in [-0.2, 0) is 0 Å². The maximum Gasteiger partial charge on any atom is 0.573 e. The summed E-state index contributed by atoms with van der Waals surface area (Å²) in [6.07, 6.45) is -4.85. The molecule has 0 atom stereocenters. The quantitative estimate of drug-likeness (QED) is 0.0726. The zero-order valence-corrected chi connectivity index (χ0v) is 32.8. The van der Waals surface area contributed by atoms with E-state index in [9.17, 15) is 26.3 Å². The monoisotopic (exact) mass is 838 g/mol. The molecule has 63 heavy (non-hydrogen) atoms. The van der Waals surface area contributed by atoms with E-state index in [1.165, 1.54) is 24.3 Å². The third-order valence-electron chi connectivity index (χ3n) is 12.0. The number of halogens is 7. The summed E-state index contributed by atoms with van der Waals surface area (Å²) in [7, 11) is 0. The van der Waals surface area contributed by atoms with Gasteiger partial charge in [0.25, 0.3) is 0 Å². The van der Waals surface area contributed by atoms with Crippen molar-refractivity contribution in [3.8, 4) is 50.3 Å². The van der Waals surface area contributed by atoms with Crippen LogP contribution >= 0.6 is 0 Å². The van der Waals surface area contributed by atoms with E-state index in [2.05, 4.69) is 29.0 Å². The standard InChI is InChI=1S/C55H29F7O/c56-36-17-22-39-35(23-36)27-47(43-12-6-4-10-41(39)43)53-45-21-16-32(34-28-50(57)54(59)51(58)29-34)25-49(45)52(46-26-33-7-1-2-8-38(33)40-9-3-5-11-42(40)46)44-20-15-31(24-48(44)53)30-13-18-37(19-14-30)63-55(60,61)62/h1-29H. The smallest absolute Gasteiger partial charge is 0.406 e. The zero-order valence-electron chi connectivity index (χ0n) is 32.8. The highest BCUT2D eigenvalue weighted by molar-refractivity contribution is 6.29. The minimum Gasteiger partial charge on any atom is -0.406 e. The molecular weight excluding hydrogens is 810 g/mol. The molecule has 1 nitrogen and oxygen atoms in total. The van der Waals surface area contributed by atoms with E-state index in [0.29, 0.717) is 22.1 Å². The van der Waals surface area contributed by atoms with Gasteiger partial charge >= 0.3 is 6.36 Å². The van der Waals surface area contributed by atoms with Crippen molar-refractivity contribution in [2.45, 2.75) is 6.36 Å². The summed E-state index contributed by atoms with van der Waals surface area (Å²) >= 11 is 0. The van der Waals surface area contributed by atoms with Gasteiger partial charge in [-0.25, -0.2) is 17.6 Å². The molecule has 0 aromatic heterocycles. The molecule has 0 amide bonds. The second kappa shape index (κ2) is 14.5. The molecule has 11 rings (SSSR count). The highest BCUT2D eigenvalue weighted by Gasteiger charge is 2.31. The van der Waals surface area contributed by atoms with Gasteiger partial charge in [-0.1, -0.05) is 115 Å². The average molecular weight is 839 g/mol. The lowest BCUT2D eigenvalue weighted by atomic mass is 9.81. The van der Waals surface area contributed by atoms with Gasteiger partial charge in [-0.2, -0.15) is 0 Å². The first-order valence-electron chi connectivity index (χ1n) is 20.1. The van der Waals surface area contributed by atoms with Crippen LogP contribution in [0.1, 0.15) is 0 Å². The predicted octanol–water partition coefficient (Wildman–Crippen LogP) is 16.7. The summed E-state index contributed by atoms with van der Waals surface area (Å²) in [5.74, 6) is -4.94. The molecule has 0 heterocycles. The number of hydrogen-bond donors (Lipinski definition) is 0. The Labute approximate surface area is 354 Å². The highest BCUT2D eigenvalue weighted by atomic mass is 19.4. The second-order valence-corrected chi connectivity index (χ2v) is 15.6. The lowest BCUT2D eigenvalue weighted by Crippen LogP contribution is -2.16. The lowest BCUT2D eigenvalue weighted by Gasteiger charge is -2.22. The summed E-state index contributed by atoms with van der Waals surface area (Å²) in [4.78, 5) is 0. The number of alkyl halides is 3. The predicted molar refractivity (Wildman–Crippen MR) is 240 cm³/mol. The van der Waals surface area contributed by atoms with Crippen LogP contribution in [-0.4, -0.2) is 6.36 Å². The van der Waals surface area contributed by atoms with E-state index in [1.807, 2.05) is 91.0 Å². The second-order valence-electron chi connectivity index (χ2n) is 15.6. The van der Waals surface area contributed by atoms with Crippen molar-refractivity contribution in [2.24, 2.45) is 0 Å². The van der Waals surface area contributed by atoms with Crippen LogP contribution in [0.5, 0.6) is 5.75 Å². The maximum absolute atomic E-state index is 15.1. The van der Waals surface area contributed by atoms with Crippen molar-refractivity contribution in [3.05, 3.63) is 199 Å². The molecule has 11 aromatic carbocycles. The first-order valence-corrected chi connectivity index (χ1v) is 20.1. The first-order chi connectivity index (χ1) is 30.5. The molecule has 0 radical (unpaired) electrons. The van der Waals surface area contributed by atoms with E-state index >= 15 is 4.39 Å². The first kappa shape index (κ1) is 38.2. The van der Waals surface area contributed by atoms with Crippen molar-refractivity contribution in [3.63, 3.8) is 0 Å². The molecule has 8 heteroatoms. The Bertz CT molecular complexity index is 3660. The van der Waals surface area contributed by atoms with Crippen LogP contribution < -0.4 is 4.74 Å². The Morgan fingerprint density at radius 3 is 1.37 bits per heavy atom. The molecule has 0 bridgehead atoms. The van der Waals surface area contributed by atoms with Crippen LogP contribution in [0, 0.1) is 23.3 Å². The summed E-state index contributed by atoms with van der Waals surface area (Å²) < 4.78 is 103. The van der Waals surface area contributed by atoms with Crippen LogP contribution in [0.15, 0.2) is 176 Å². The summed E-state index contributed by atoms with van der Waals surface area (Å²) in [6.45, 7) is 0. The fourth-order valence-electron chi connectivity index (χ4n) is 9.29. The SMILES string of the molecule is Fc1ccc2c(c1)cc(-c1c3ccc(-c4cc(F)c(F)c(F)c4)cc3c(-c3cc4ccccc4c4ccccc34)c3ccc(-c4ccc(OC(F)(F)F)cc4)cc13)c1ccccc12. The Kier molecular flexibility index (Phi) is 8.77. The van der Waals surface area contributed by atoms with Gasteiger partial charge in [0.05, 0.1) is 0 Å². The van der Waals surface area contributed by atoms with Crippen LogP contribution in [0.4, 0.5) is 30.7 Å². The van der Waals surface area contributed by atoms with Gasteiger partial charge in [0, 0.05) is 0 Å². The normalized spacial score (nSPS) is 12.0. The third-order valence-corrected chi connectivity index (χ3v) is 12.0. The third kappa shape index (κ3) is 6.49. The average Bonchev–Trinajstić information content (AvgIpc) is 3.28. The number of rotatable bonds is 5. The van der Waals surface area contributed by atoms with E-state index in [4.69, 9.17) is 0 Å². The molecule has 0 spiro atoms. The van der Waals surface area contributed by atoms with Crippen molar-refractivity contribution >= 4 is 64.6 Å². The topological polar surface area (TPSA) is 9.23 Å². The van der Waals surface area contributed by atoms with E-state index in [-0.39, 0.29) is 11.3 Å².